The average Bonchev–Trinajstić information content (AvgIpc) is 2.52. The van der Waals surface area contributed by atoms with Crippen molar-refractivity contribution in [3.63, 3.8) is 0 Å². The molecule has 3 rings (SSSR count). The molecule has 0 atom stereocenters. The maximum absolute atomic E-state index is 5.83. The van der Waals surface area contributed by atoms with Crippen LogP contribution in [0.2, 0.25) is 0 Å². The van der Waals surface area contributed by atoms with Gasteiger partial charge in [-0.2, -0.15) is 0 Å². The summed E-state index contributed by atoms with van der Waals surface area (Å²) in [6.07, 6.45) is 0. The molecule has 2 N–H and O–H groups in total. The molecule has 0 spiro atoms. The van der Waals surface area contributed by atoms with Gasteiger partial charge in [0.15, 0.2) is 17.2 Å². The molecular weight excluding hydrogens is 210 g/mol. The Balaban J connectivity index is 2.16. The first-order valence-corrected chi connectivity index (χ1v) is 5.41. The number of thiophene rings is 1. The Hall–Kier alpha value is -1.68. The van der Waals surface area contributed by atoms with Gasteiger partial charge in [-0.15, -0.1) is 11.3 Å². The summed E-state index contributed by atoms with van der Waals surface area (Å²) in [5.74, 6) is 2.85. The molecule has 0 bridgehead atoms. The van der Waals surface area contributed by atoms with Gasteiger partial charge in [-0.3, -0.25) is 0 Å². The number of rotatable bonds is 0. The molecule has 76 valence electrons. The summed E-state index contributed by atoms with van der Waals surface area (Å²) in [6, 6.07) is 7.57. The zero-order valence-corrected chi connectivity index (χ0v) is 8.93. The fourth-order valence-electron chi connectivity index (χ4n) is 1.58. The minimum Gasteiger partial charge on any atom is -0.448 e. The number of anilines is 1. The molecule has 0 aliphatic carbocycles. The smallest absolute Gasteiger partial charge is 0.204 e. The second kappa shape index (κ2) is 2.90. The van der Waals surface area contributed by atoms with Crippen LogP contribution in [0.5, 0.6) is 23.0 Å². The lowest BCUT2D eigenvalue weighted by Gasteiger charge is -2.18. The first-order valence-electron chi connectivity index (χ1n) is 4.59. The highest BCUT2D eigenvalue weighted by Crippen LogP contribution is 2.53. The monoisotopic (exact) mass is 219 g/mol. The third kappa shape index (κ3) is 1.18. The van der Waals surface area contributed by atoms with Gasteiger partial charge in [0.2, 0.25) is 5.75 Å². The average molecular weight is 219 g/mol. The third-order valence-corrected chi connectivity index (χ3v) is 3.18. The molecule has 2 aromatic rings. The van der Waals surface area contributed by atoms with Gasteiger partial charge in [0.05, 0.1) is 4.88 Å². The zero-order valence-electron chi connectivity index (χ0n) is 8.11. The lowest BCUT2D eigenvalue weighted by molar-refractivity contribution is 0.362. The number of nitrogens with two attached hydrogens (primary N) is 1. The molecule has 0 radical (unpaired) electrons. The Morgan fingerprint density at radius 2 is 1.67 bits per heavy atom. The van der Waals surface area contributed by atoms with E-state index in [0.717, 1.165) is 22.1 Å². The van der Waals surface area contributed by atoms with Crippen molar-refractivity contribution in [2.75, 3.05) is 5.73 Å². The number of hydrogen-bond donors (Lipinski definition) is 1. The topological polar surface area (TPSA) is 44.5 Å². The molecule has 0 saturated heterocycles. The van der Waals surface area contributed by atoms with Crippen LogP contribution in [0.1, 0.15) is 4.88 Å². The van der Waals surface area contributed by atoms with Gasteiger partial charge in [-0.1, -0.05) is 12.1 Å². The first kappa shape index (κ1) is 8.61. The summed E-state index contributed by atoms with van der Waals surface area (Å²) in [4.78, 5) is 1.04. The Kier molecular flexibility index (Phi) is 1.67. The van der Waals surface area contributed by atoms with E-state index in [4.69, 9.17) is 15.2 Å². The molecule has 0 amide bonds. The van der Waals surface area contributed by atoms with Crippen LogP contribution in [0.15, 0.2) is 24.3 Å². The molecule has 1 aliphatic heterocycles. The number of nitrogen functional groups attached to an aromatic ring is 1. The van der Waals surface area contributed by atoms with Gasteiger partial charge in [0.25, 0.3) is 0 Å². The van der Waals surface area contributed by atoms with Crippen LogP contribution in [-0.2, 0) is 0 Å². The van der Waals surface area contributed by atoms with Gasteiger partial charge in [-0.05, 0) is 19.1 Å². The molecule has 1 aromatic carbocycles. The van der Waals surface area contributed by atoms with Crippen molar-refractivity contribution >= 4 is 16.3 Å². The second-order valence-electron chi connectivity index (χ2n) is 3.33. The normalized spacial score (nSPS) is 12.3. The van der Waals surface area contributed by atoms with E-state index >= 15 is 0 Å². The van der Waals surface area contributed by atoms with Gasteiger partial charge >= 0.3 is 0 Å². The highest BCUT2D eigenvalue weighted by atomic mass is 32.1. The number of ether oxygens (including phenoxy) is 2. The van der Waals surface area contributed by atoms with Crippen LogP contribution >= 0.6 is 11.3 Å². The SMILES string of the molecule is Cc1sc(N)c2c1Oc1ccccc1O2. The van der Waals surface area contributed by atoms with Gasteiger partial charge in [0, 0.05) is 0 Å². The molecular formula is C11H9NO2S. The molecule has 0 unspecified atom stereocenters. The Morgan fingerprint density at radius 3 is 2.33 bits per heavy atom. The highest BCUT2D eigenvalue weighted by Gasteiger charge is 2.24. The zero-order chi connectivity index (χ0) is 10.4. The van der Waals surface area contributed by atoms with Crippen molar-refractivity contribution in [3.8, 4) is 23.0 Å². The minimum atomic E-state index is 0.649. The predicted octanol–water partition coefficient (Wildman–Crippen LogP) is 3.54. The standard InChI is InChI=1S/C11H9NO2S/c1-6-9-10(11(12)15-6)14-8-5-3-2-4-7(8)13-9/h2-5H,12H2,1H3. The predicted molar refractivity (Wildman–Crippen MR) is 60.1 cm³/mol. The van der Waals surface area contributed by atoms with E-state index in [1.807, 2.05) is 31.2 Å². The molecule has 0 fully saturated rings. The van der Waals surface area contributed by atoms with E-state index in [2.05, 4.69) is 0 Å². The van der Waals surface area contributed by atoms with E-state index in [1.165, 1.54) is 11.3 Å². The summed E-state index contributed by atoms with van der Waals surface area (Å²) in [7, 11) is 0. The lowest BCUT2D eigenvalue weighted by Crippen LogP contribution is -1.98. The molecule has 1 aliphatic rings. The number of para-hydroxylation sites is 2. The molecule has 4 heteroatoms. The van der Waals surface area contributed by atoms with Crippen molar-refractivity contribution in [3.05, 3.63) is 29.1 Å². The summed E-state index contributed by atoms with van der Waals surface area (Å²) < 4.78 is 11.4. The third-order valence-electron chi connectivity index (χ3n) is 2.29. The van der Waals surface area contributed by atoms with Crippen molar-refractivity contribution in [2.24, 2.45) is 0 Å². The molecule has 0 saturated carbocycles. The van der Waals surface area contributed by atoms with Crippen LogP contribution in [0, 0.1) is 6.92 Å². The molecule has 2 heterocycles. The van der Waals surface area contributed by atoms with Crippen molar-refractivity contribution in [1.29, 1.82) is 0 Å². The Morgan fingerprint density at radius 1 is 1.07 bits per heavy atom. The van der Waals surface area contributed by atoms with Gasteiger partial charge in [-0.25, -0.2) is 0 Å². The second-order valence-corrected chi connectivity index (χ2v) is 4.59. The summed E-state index contributed by atoms with van der Waals surface area (Å²) in [6.45, 7) is 1.97. The van der Waals surface area contributed by atoms with Crippen molar-refractivity contribution in [1.82, 2.24) is 0 Å². The lowest BCUT2D eigenvalue weighted by atomic mass is 10.3. The maximum atomic E-state index is 5.83. The number of aryl methyl sites for hydroxylation is 1. The minimum absolute atomic E-state index is 0.649. The number of fused-ring (bicyclic) bond motifs is 2. The number of hydrogen-bond acceptors (Lipinski definition) is 4. The quantitative estimate of drug-likeness (QED) is 0.629. The maximum Gasteiger partial charge on any atom is 0.204 e. The van der Waals surface area contributed by atoms with E-state index < -0.39 is 0 Å². The first-order chi connectivity index (χ1) is 7.25. The molecule has 15 heavy (non-hydrogen) atoms. The van der Waals surface area contributed by atoms with Crippen molar-refractivity contribution < 1.29 is 9.47 Å². The fraction of sp³-hybridized carbons (Fsp3) is 0.0909. The van der Waals surface area contributed by atoms with Crippen LogP contribution in [0.4, 0.5) is 5.00 Å². The molecule has 3 nitrogen and oxygen atoms in total. The van der Waals surface area contributed by atoms with Gasteiger partial charge in [0.1, 0.15) is 5.00 Å². The fourth-order valence-corrected chi connectivity index (χ4v) is 2.37. The Labute approximate surface area is 91.1 Å². The van der Waals surface area contributed by atoms with Crippen LogP contribution in [-0.4, -0.2) is 0 Å². The van der Waals surface area contributed by atoms with Gasteiger partial charge < -0.3 is 15.2 Å². The van der Waals surface area contributed by atoms with Crippen LogP contribution in [0.25, 0.3) is 0 Å². The highest BCUT2D eigenvalue weighted by molar-refractivity contribution is 7.16. The van der Waals surface area contributed by atoms with E-state index in [0.29, 0.717) is 10.8 Å². The number of benzene rings is 1. The van der Waals surface area contributed by atoms with Crippen LogP contribution < -0.4 is 15.2 Å². The summed E-state index contributed by atoms with van der Waals surface area (Å²) in [5.41, 5.74) is 5.83. The van der Waals surface area contributed by atoms with Crippen LogP contribution in [0.3, 0.4) is 0 Å². The summed E-state index contributed by atoms with van der Waals surface area (Å²) in [5, 5.41) is 0.664. The van der Waals surface area contributed by atoms with E-state index in [1.54, 1.807) is 0 Å². The van der Waals surface area contributed by atoms with E-state index in [-0.39, 0.29) is 0 Å². The molecule has 1 aromatic heterocycles. The Bertz CT molecular complexity index is 488. The van der Waals surface area contributed by atoms with E-state index in [9.17, 15) is 0 Å². The largest absolute Gasteiger partial charge is 0.448 e. The van der Waals surface area contributed by atoms with Crippen molar-refractivity contribution in [2.45, 2.75) is 6.92 Å². The summed E-state index contributed by atoms with van der Waals surface area (Å²) >= 11 is 1.48.